The van der Waals surface area contributed by atoms with Crippen LogP contribution in [0.15, 0.2) is 81.6 Å². The highest BCUT2D eigenvalue weighted by Gasteiger charge is 2.13. The summed E-state index contributed by atoms with van der Waals surface area (Å²) in [6, 6.07) is 19.9. The van der Waals surface area contributed by atoms with Crippen LogP contribution in [0.1, 0.15) is 11.3 Å². The largest absolute Gasteiger partial charge is 0.497 e. The van der Waals surface area contributed by atoms with Crippen LogP contribution in [0.2, 0.25) is 10.0 Å². The van der Waals surface area contributed by atoms with E-state index in [-0.39, 0.29) is 5.91 Å². The number of nitrogens with zero attached hydrogens (tertiary/aromatic N) is 1. The van der Waals surface area contributed by atoms with Crippen molar-refractivity contribution in [1.82, 2.24) is 4.98 Å². The smallest absolute Gasteiger partial charge is 0.248 e. The van der Waals surface area contributed by atoms with Gasteiger partial charge in [0.15, 0.2) is 5.58 Å². The predicted octanol–water partition coefficient (Wildman–Crippen LogP) is 8.03. The summed E-state index contributed by atoms with van der Waals surface area (Å²) in [6.45, 7) is 1.91. The maximum Gasteiger partial charge on any atom is 0.248 e. The van der Waals surface area contributed by atoms with Crippen molar-refractivity contribution in [2.24, 2.45) is 0 Å². The summed E-state index contributed by atoms with van der Waals surface area (Å²) in [7, 11) is 1.60. The highest BCUT2D eigenvalue weighted by atomic mass is 35.5. The van der Waals surface area contributed by atoms with Crippen LogP contribution in [0, 0.1) is 6.92 Å². The number of carbonyl (C=O) groups excluding carboxylic acids is 1. The number of methoxy groups -OCH3 is 1. The van der Waals surface area contributed by atoms with E-state index in [4.69, 9.17) is 36.8 Å². The van der Waals surface area contributed by atoms with E-state index in [2.05, 4.69) is 10.3 Å². The number of carbonyl (C=O) groups is 1. The summed E-state index contributed by atoms with van der Waals surface area (Å²) in [6.07, 6.45) is 2.99. The van der Waals surface area contributed by atoms with Gasteiger partial charge in [-0.1, -0.05) is 35.3 Å². The molecule has 2 aromatic heterocycles. The molecule has 0 unspecified atom stereocenters. The maximum atomic E-state index is 12.6. The number of ether oxygens (including phenoxy) is 1. The van der Waals surface area contributed by atoms with E-state index in [1.54, 1.807) is 37.5 Å². The lowest BCUT2D eigenvalue weighted by molar-refractivity contribution is -0.111. The topological polar surface area (TPSA) is 77.5 Å². The monoisotopic (exact) mass is 518 g/mol. The van der Waals surface area contributed by atoms with Gasteiger partial charge in [-0.3, -0.25) is 4.79 Å². The number of hydrogen-bond acceptors (Lipinski definition) is 5. The Kier molecular flexibility index (Phi) is 6.55. The summed E-state index contributed by atoms with van der Waals surface area (Å²) in [4.78, 5) is 17.2. The Morgan fingerprint density at radius 2 is 1.89 bits per heavy atom. The molecule has 3 aromatic carbocycles. The maximum absolute atomic E-state index is 12.6. The van der Waals surface area contributed by atoms with Gasteiger partial charge in [0.25, 0.3) is 0 Å². The molecule has 0 radical (unpaired) electrons. The first-order valence-corrected chi connectivity index (χ1v) is 11.8. The predicted molar refractivity (Wildman–Crippen MR) is 143 cm³/mol. The molecule has 0 fully saturated rings. The molecule has 180 valence electrons. The lowest BCUT2D eigenvalue weighted by Crippen LogP contribution is -2.09. The van der Waals surface area contributed by atoms with E-state index in [0.29, 0.717) is 55.6 Å². The number of furan rings is 1. The van der Waals surface area contributed by atoms with Crippen molar-refractivity contribution in [2.45, 2.75) is 6.92 Å². The average molecular weight is 519 g/mol. The minimum absolute atomic E-state index is 0.309. The van der Waals surface area contributed by atoms with Gasteiger partial charge in [0.1, 0.15) is 22.8 Å². The van der Waals surface area contributed by atoms with Gasteiger partial charge in [-0.2, -0.15) is 0 Å². The van der Waals surface area contributed by atoms with Crippen LogP contribution in [0.4, 0.5) is 5.69 Å². The van der Waals surface area contributed by atoms with E-state index in [9.17, 15) is 4.79 Å². The van der Waals surface area contributed by atoms with Crippen LogP contribution >= 0.6 is 23.2 Å². The van der Waals surface area contributed by atoms with Crippen LogP contribution in [0.5, 0.6) is 5.75 Å². The standard InChI is InChI=1S/C28H20Cl2N2O4/c1-16-6-7-17(28-32-23-15-19(34-2)9-12-25(23)36-28)14-22(16)31-26(33)13-10-18-8-11-24(35-18)20-4-3-5-21(29)27(20)30/h3-15H,1-2H3,(H,31,33). The molecule has 1 amide bonds. The van der Waals surface area contributed by atoms with Gasteiger partial charge in [-0.15, -0.1) is 0 Å². The molecular formula is C28H20Cl2N2O4. The number of nitrogens with one attached hydrogen (secondary N) is 1. The number of amides is 1. The zero-order valence-corrected chi connectivity index (χ0v) is 20.9. The Morgan fingerprint density at radius 1 is 1.03 bits per heavy atom. The number of anilines is 1. The fraction of sp³-hybridized carbons (Fsp3) is 0.0714. The highest BCUT2D eigenvalue weighted by molar-refractivity contribution is 6.43. The molecule has 0 aliphatic rings. The van der Waals surface area contributed by atoms with Crippen LogP contribution in [-0.4, -0.2) is 18.0 Å². The van der Waals surface area contributed by atoms with Gasteiger partial charge in [0.05, 0.1) is 17.2 Å². The normalized spacial score (nSPS) is 11.3. The van der Waals surface area contributed by atoms with Crippen LogP contribution in [0.3, 0.4) is 0 Å². The number of rotatable bonds is 6. The fourth-order valence-corrected chi connectivity index (χ4v) is 4.05. The second kappa shape index (κ2) is 9.93. The molecule has 0 aliphatic carbocycles. The van der Waals surface area contributed by atoms with Gasteiger partial charge >= 0.3 is 0 Å². The highest BCUT2D eigenvalue weighted by Crippen LogP contribution is 2.34. The van der Waals surface area contributed by atoms with Crippen LogP contribution in [0.25, 0.3) is 40.0 Å². The molecule has 0 aliphatic heterocycles. The second-order valence-electron chi connectivity index (χ2n) is 8.01. The zero-order valence-electron chi connectivity index (χ0n) is 19.3. The molecule has 2 heterocycles. The molecule has 0 spiro atoms. The van der Waals surface area contributed by atoms with Gasteiger partial charge in [-0.25, -0.2) is 4.98 Å². The van der Waals surface area contributed by atoms with Crippen molar-refractivity contribution in [3.63, 3.8) is 0 Å². The number of aryl methyl sites for hydroxylation is 1. The summed E-state index contributed by atoms with van der Waals surface area (Å²) in [5, 5.41) is 3.76. The summed E-state index contributed by atoms with van der Waals surface area (Å²) < 4.78 is 17.0. The molecule has 6 nitrogen and oxygen atoms in total. The zero-order chi connectivity index (χ0) is 25.2. The fourth-order valence-electron chi connectivity index (χ4n) is 3.66. The van der Waals surface area contributed by atoms with Gasteiger partial charge < -0.3 is 18.9 Å². The number of fused-ring (bicyclic) bond motifs is 1. The molecular weight excluding hydrogens is 499 g/mol. The quantitative estimate of drug-likeness (QED) is 0.230. The minimum atomic E-state index is -0.309. The molecule has 1 N–H and O–H groups in total. The van der Waals surface area contributed by atoms with E-state index in [1.807, 2.05) is 49.4 Å². The third kappa shape index (κ3) is 4.87. The van der Waals surface area contributed by atoms with Crippen molar-refractivity contribution in [3.05, 3.63) is 94.2 Å². The number of benzene rings is 3. The lowest BCUT2D eigenvalue weighted by atomic mass is 10.1. The molecule has 8 heteroatoms. The molecule has 36 heavy (non-hydrogen) atoms. The number of aromatic nitrogens is 1. The van der Waals surface area contributed by atoms with E-state index in [1.165, 1.54) is 6.08 Å². The Balaban J connectivity index is 1.32. The molecule has 5 rings (SSSR count). The van der Waals surface area contributed by atoms with Gasteiger partial charge in [0, 0.05) is 29.0 Å². The first kappa shape index (κ1) is 23.7. The third-order valence-electron chi connectivity index (χ3n) is 5.58. The first-order valence-electron chi connectivity index (χ1n) is 11.0. The van der Waals surface area contributed by atoms with Crippen molar-refractivity contribution >= 4 is 52.0 Å². The number of hydrogen-bond donors (Lipinski definition) is 1. The van der Waals surface area contributed by atoms with E-state index >= 15 is 0 Å². The molecule has 0 atom stereocenters. The Morgan fingerprint density at radius 3 is 2.72 bits per heavy atom. The van der Waals surface area contributed by atoms with Crippen molar-refractivity contribution in [2.75, 3.05) is 12.4 Å². The molecule has 0 saturated heterocycles. The lowest BCUT2D eigenvalue weighted by Gasteiger charge is -2.07. The number of oxazole rings is 1. The Hall–Kier alpha value is -4.00. The van der Waals surface area contributed by atoms with Gasteiger partial charge in [-0.05, 0) is 67.1 Å². The molecule has 5 aromatic rings. The Bertz CT molecular complexity index is 1620. The first-order chi connectivity index (χ1) is 17.4. The van der Waals surface area contributed by atoms with Gasteiger partial charge in [0.2, 0.25) is 11.8 Å². The van der Waals surface area contributed by atoms with E-state index < -0.39 is 0 Å². The van der Waals surface area contributed by atoms with Crippen molar-refractivity contribution in [3.8, 4) is 28.5 Å². The van der Waals surface area contributed by atoms with Crippen LogP contribution < -0.4 is 10.1 Å². The summed E-state index contributed by atoms with van der Waals surface area (Å²) in [5.41, 5.74) is 4.30. The van der Waals surface area contributed by atoms with E-state index in [0.717, 1.165) is 11.1 Å². The number of halogens is 2. The third-order valence-corrected chi connectivity index (χ3v) is 6.40. The SMILES string of the molecule is COc1ccc2oc(-c3ccc(C)c(NC(=O)C=Cc4ccc(-c5cccc(Cl)c5Cl)o4)c3)nc2c1. The molecule has 0 saturated carbocycles. The Labute approximate surface area is 217 Å². The average Bonchev–Trinajstić information content (AvgIpc) is 3.52. The minimum Gasteiger partial charge on any atom is -0.497 e. The van der Waals surface area contributed by atoms with Crippen molar-refractivity contribution in [1.29, 1.82) is 0 Å². The summed E-state index contributed by atoms with van der Waals surface area (Å²) in [5.74, 6) is 1.90. The van der Waals surface area contributed by atoms with Crippen LogP contribution in [-0.2, 0) is 4.79 Å². The molecule has 0 bridgehead atoms. The van der Waals surface area contributed by atoms with Crippen molar-refractivity contribution < 1.29 is 18.4 Å². The second-order valence-corrected chi connectivity index (χ2v) is 8.79. The summed E-state index contributed by atoms with van der Waals surface area (Å²) >= 11 is 12.4.